The number of rotatable bonds is 5. The van der Waals surface area contributed by atoms with Crippen molar-refractivity contribution in [3.63, 3.8) is 0 Å². The minimum atomic E-state index is 0.417. The van der Waals surface area contributed by atoms with Gasteiger partial charge < -0.3 is 5.32 Å². The number of nitrogens with one attached hydrogen (secondary N) is 1. The average Bonchev–Trinajstić information content (AvgIpc) is 3.22. The fraction of sp³-hybridized carbons (Fsp3) is 0.500. The molecule has 0 aliphatic carbocycles. The van der Waals surface area contributed by atoms with E-state index in [9.17, 15) is 0 Å². The summed E-state index contributed by atoms with van der Waals surface area (Å²) in [6, 6.07) is 2.57. The van der Waals surface area contributed by atoms with Crippen molar-refractivity contribution in [1.29, 1.82) is 0 Å². The van der Waals surface area contributed by atoms with E-state index in [0.717, 1.165) is 25.3 Å². The second-order valence-corrected chi connectivity index (χ2v) is 6.89. The highest BCUT2D eigenvalue weighted by atomic mass is 15.3. The first-order valence-electron chi connectivity index (χ1n) is 8.89. The molecule has 4 heterocycles. The first-order chi connectivity index (χ1) is 12.2. The molecule has 1 aliphatic heterocycles. The van der Waals surface area contributed by atoms with Crippen molar-refractivity contribution in [2.75, 3.05) is 20.1 Å². The summed E-state index contributed by atoms with van der Waals surface area (Å²) in [7, 11) is 4.26. The summed E-state index contributed by atoms with van der Waals surface area (Å²) in [6.07, 6.45) is 11.9. The van der Waals surface area contributed by atoms with Crippen molar-refractivity contribution in [2.45, 2.75) is 25.4 Å². The second kappa shape index (κ2) is 6.93. The molecular weight excluding hydrogens is 314 g/mol. The van der Waals surface area contributed by atoms with Gasteiger partial charge in [0.25, 0.3) is 0 Å². The predicted molar refractivity (Wildman–Crippen MR) is 96.0 cm³/mol. The van der Waals surface area contributed by atoms with Crippen LogP contribution in [-0.4, -0.2) is 49.2 Å². The van der Waals surface area contributed by atoms with Crippen molar-refractivity contribution in [1.82, 2.24) is 34.4 Å². The van der Waals surface area contributed by atoms with Crippen LogP contribution < -0.4 is 5.32 Å². The number of hydrogen-bond acceptors (Lipinski definition) is 5. The van der Waals surface area contributed by atoms with Crippen LogP contribution in [0.4, 0.5) is 0 Å². The second-order valence-electron chi connectivity index (χ2n) is 6.89. The molecule has 7 heteroatoms. The summed E-state index contributed by atoms with van der Waals surface area (Å²) < 4.78 is 4.10. The van der Waals surface area contributed by atoms with E-state index in [4.69, 9.17) is 0 Å². The first kappa shape index (κ1) is 16.2. The molecule has 1 N–H and O–H groups in total. The van der Waals surface area contributed by atoms with Crippen molar-refractivity contribution in [2.24, 2.45) is 13.0 Å². The molecule has 0 bridgehead atoms. The number of piperidine rings is 1. The van der Waals surface area contributed by atoms with Gasteiger partial charge in [0, 0.05) is 38.7 Å². The van der Waals surface area contributed by atoms with Gasteiger partial charge in [0.05, 0.1) is 29.8 Å². The maximum absolute atomic E-state index is 4.40. The van der Waals surface area contributed by atoms with Gasteiger partial charge in [-0.1, -0.05) is 0 Å². The molecule has 1 saturated heterocycles. The van der Waals surface area contributed by atoms with Crippen LogP contribution in [0, 0.1) is 5.92 Å². The Hall–Kier alpha value is -2.25. The summed E-state index contributed by atoms with van der Waals surface area (Å²) in [5, 5.41) is 8.01. The molecule has 0 spiro atoms. The Morgan fingerprint density at radius 3 is 3.00 bits per heavy atom. The minimum absolute atomic E-state index is 0.417. The average molecular weight is 339 g/mol. The molecule has 0 unspecified atom stereocenters. The molecule has 1 fully saturated rings. The van der Waals surface area contributed by atoms with Gasteiger partial charge in [-0.3, -0.25) is 19.0 Å². The van der Waals surface area contributed by atoms with Crippen LogP contribution in [0.5, 0.6) is 0 Å². The molecule has 3 aromatic heterocycles. The van der Waals surface area contributed by atoms with Crippen LogP contribution >= 0.6 is 0 Å². The van der Waals surface area contributed by atoms with Crippen LogP contribution in [-0.2, 0) is 13.6 Å². The molecule has 0 saturated carbocycles. The lowest BCUT2D eigenvalue weighted by atomic mass is 9.87. The summed E-state index contributed by atoms with van der Waals surface area (Å²) in [4.78, 5) is 11.0. The zero-order valence-electron chi connectivity index (χ0n) is 14.8. The third-order valence-corrected chi connectivity index (χ3v) is 5.28. The molecule has 0 amide bonds. The number of aromatic nitrogens is 5. The molecule has 3 aromatic rings. The number of hydrogen-bond donors (Lipinski definition) is 1. The van der Waals surface area contributed by atoms with Gasteiger partial charge in [-0.25, -0.2) is 4.98 Å². The van der Waals surface area contributed by atoms with E-state index in [1.165, 1.54) is 24.2 Å². The number of imidazole rings is 1. The molecule has 132 valence electrons. The van der Waals surface area contributed by atoms with E-state index in [1.807, 2.05) is 30.3 Å². The predicted octanol–water partition coefficient (Wildman–Crippen LogP) is 1.64. The van der Waals surface area contributed by atoms with Crippen LogP contribution in [0.1, 0.15) is 30.3 Å². The van der Waals surface area contributed by atoms with E-state index < -0.39 is 0 Å². The van der Waals surface area contributed by atoms with E-state index in [-0.39, 0.29) is 0 Å². The zero-order valence-corrected chi connectivity index (χ0v) is 14.8. The van der Waals surface area contributed by atoms with Gasteiger partial charge in [-0.2, -0.15) is 5.10 Å². The molecule has 7 nitrogen and oxygen atoms in total. The summed E-state index contributed by atoms with van der Waals surface area (Å²) in [5.74, 6) is 0.579. The smallest absolute Gasteiger partial charge is 0.155 e. The van der Waals surface area contributed by atoms with Gasteiger partial charge in [0.1, 0.15) is 0 Å². The lowest BCUT2D eigenvalue weighted by molar-refractivity contribution is 0.112. The zero-order chi connectivity index (χ0) is 17.2. The molecule has 2 atom stereocenters. The number of aryl methyl sites for hydroxylation is 1. The van der Waals surface area contributed by atoms with Crippen LogP contribution in [0.25, 0.3) is 5.65 Å². The lowest BCUT2D eigenvalue weighted by Crippen LogP contribution is -2.41. The van der Waals surface area contributed by atoms with Gasteiger partial charge in [-0.05, 0) is 38.4 Å². The van der Waals surface area contributed by atoms with Crippen molar-refractivity contribution in [3.8, 4) is 0 Å². The highest BCUT2D eigenvalue weighted by Crippen LogP contribution is 2.34. The Balaban J connectivity index is 1.44. The minimum Gasteiger partial charge on any atom is -0.311 e. The van der Waals surface area contributed by atoms with E-state index in [2.05, 4.69) is 42.8 Å². The molecular formula is C18H25N7. The Labute approximate surface area is 147 Å². The maximum Gasteiger partial charge on any atom is 0.155 e. The first-order valence-corrected chi connectivity index (χ1v) is 8.89. The standard InChI is InChI=1S/C18H25N7/c1-23-8-3-4-14(18(23)16-5-6-22-24(16)2)10-20-11-15-12-21-17-13-19-7-9-25(15)17/h5-7,9,12-14,18,20H,3-4,8,10-11H2,1-2H3/t14-,18+/m0/s1. The molecule has 0 radical (unpaired) electrons. The number of likely N-dealkylation sites (tertiary alicyclic amines) is 1. The van der Waals surface area contributed by atoms with Crippen molar-refractivity contribution in [3.05, 3.63) is 48.4 Å². The van der Waals surface area contributed by atoms with E-state index >= 15 is 0 Å². The number of nitrogens with zero attached hydrogens (tertiary/aromatic N) is 6. The topological polar surface area (TPSA) is 63.3 Å². The van der Waals surface area contributed by atoms with Gasteiger partial charge >= 0.3 is 0 Å². The Bertz CT molecular complexity index is 837. The Kier molecular flexibility index (Phi) is 4.50. The fourth-order valence-corrected chi connectivity index (χ4v) is 4.03. The van der Waals surface area contributed by atoms with Crippen LogP contribution in [0.2, 0.25) is 0 Å². The van der Waals surface area contributed by atoms with Crippen LogP contribution in [0.15, 0.2) is 37.1 Å². The van der Waals surface area contributed by atoms with Gasteiger partial charge in [0.2, 0.25) is 0 Å². The normalized spacial score (nSPS) is 21.8. The third kappa shape index (κ3) is 3.17. The van der Waals surface area contributed by atoms with E-state index in [0.29, 0.717) is 12.0 Å². The highest BCUT2D eigenvalue weighted by molar-refractivity contribution is 5.36. The third-order valence-electron chi connectivity index (χ3n) is 5.28. The van der Waals surface area contributed by atoms with Crippen LogP contribution in [0.3, 0.4) is 0 Å². The van der Waals surface area contributed by atoms with E-state index in [1.54, 1.807) is 12.4 Å². The van der Waals surface area contributed by atoms with Crippen molar-refractivity contribution >= 4 is 5.65 Å². The Morgan fingerprint density at radius 1 is 1.24 bits per heavy atom. The lowest BCUT2D eigenvalue weighted by Gasteiger charge is -2.39. The number of fused-ring (bicyclic) bond motifs is 1. The summed E-state index contributed by atoms with van der Waals surface area (Å²) in [6.45, 7) is 2.94. The maximum atomic E-state index is 4.40. The van der Waals surface area contributed by atoms with Gasteiger partial charge in [-0.15, -0.1) is 0 Å². The molecule has 4 rings (SSSR count). The molecule has 1 aliphatic rings. The van der Waals surface area contributed by atoms with Gasteiger partial charge in [0.15, 0.2) is 5.65 Å². The molecule has 25 heavy (non-hydrogen) atoms. The molecule has 0 aromatic carbocycles. The Morgan fingerprint density at radius 2 is 2.16 bits per heavy atom. The quantitative estimate of drug-likeness (QED) is 0.765. The largest absolute Gasteiger partial charge is 0.311 e. The summed E-state index contributed by atoms with van der Waals surface area (Å²) >= 11 is 0. The monoisotopic (exact) mass is 339 g/mol. The fourth-order valence-electron chi connectivity index (χ4n) is 4.03. The SMILES string of the molecule is CN1CCC[C@@H](CNCc2cnc3cnccn23)[C@@H]1c1ccnn1C. The van der Waals surface area contributed by atoms with Crippen molar-refractivity contribution < 1.29 is 0 Å². The highest BCUT2D eigenvalue weighted by Gasteiger charge is 2.32. The summed E-state index contributed by atoms with van der Waals surface area (Å²) in [5.41, 5.74) is 3.36.